The minimum Gasteiger partial charge on any atom is -0.355 e. The molecule has 1 saturated carbocycles. The van der Waals surface area contributed by atoms with Gasteiger partial charge in [-0.3, -0.25) is 4.79 Å². The molecule has 2 nitrogen and oxygen atoms in total. The van der Waals surface area contributed by atoms with Gasteiger partial charge in [0, 0.05) is 18.4 Å². The van der Waals surface area contributed by atoms with Crippen LogP contribution in [0.25, 0.3) is 0 Å². The van der Waals surface area contributed by atoms with Crippen LogP contribution >= 0.6 is 0 Å². The number of nitrogens with one attached hydrogen (secondary N) is 1. The molecule has 2 aromatic rings. The maximum absolute atomic E-state index is 13.5. The molecule has 0 aromatic heterocycles. The average molecular weight is 297 g/mol. The molecule has 0 heterocycles. The summed E-state index contributed by atoms with van der Waals surface area (Å²) in [6, 6.07) is 17.0. The molecular weight excluding hydrogens is 277 g/mol. The molecule has 1 aliphatic rings. The van der Waals surface area contributed by atoms with Crippen LogP contribution in [0, 0.1) is 5.82 Å². The predicted molar refractivity (Wildman–Crippen MR) is 85.1 cm³/mol. The number of benzene rings is 2. The standard InChI is InChI=1S/C19H20FNO/c20-17-9-5-4-6-15(17)10-11-18(22)21-14-19(12-13-19)16-7-2-1-3-8-16/h1-9H,10-14H2,(H,21,22). The van der Waals surface area contributed by atoms with E-state index in [4.69, 9.17) is 0 Å². The summed E-state index contributed by atoms with van der Waals surface area (Å²) in [7, 11) is 0. The van der Waals surface area contributed by atoms with E-state index in [-0.39, 0.29) is 17.1 Å². The number of carbonyl (C=O) groups is 1. The fraction of sp³-hybridized carbons (Fsp3) is 0.316. The Morgan fingerprint density at radius 1 is 1.05 bits per heavy atom. The number of halogens is 1. The van der Waals surface area contributed by atoms with Crippen LogP contribution in [0.15, 0.2) is 54.6 Å². The Balaban J connectivity index is 1.50. The second-order valence-corrected chi connectivity index (χ2v) is 6.01. The van der Waals surface area contributed by atoms with E-state index in [1.165, 1.54) is 11.6 Å². The maximum Gasteiger partial charge on any atom is 0.220 e. The highest BCUT2D eigenvalue weighted by molar-refractivity contribution is 5.76. The van der Waals surface area contributed by atoms with E-state index in [1.54, 1.807) is 18.2 Å². The summed E-state index contributed by atoms with van der Waals surface area (Å²) >= 11 is 0. The van der Waals surface area contributed by atoms with Crippen molar-refractivity contribution in [3.05, 3.63) is 71.5 Å². The van der Waals surface area contributed by atoms with Gasteiger partial charge in [-0.25, -0.2) is 4.39 Å². The van der Waals surface area contributed by atoms with Crippen molar-refractivity contribution >= 4 is 5.91 Å². The Morgan fingerprint density at radius 2 is 1.73 bits per heavy atom. The summed E-state index contributed by atoms with van der Waals surface area (Å²) in [5, 5.41) is 3.01. The lowest BCUT2D eigenvalue weighted by Crippen LogP contribution is -2.32. The molecule has 3 rings (SSSR count). The third-order valence-corrected chi connectivity index (χ3v) is 4.44. The number of amides is 1. The highest BCUT2D eigenvalue weighted by Crippen LogP contribution is 2.47. The third kappa shape index (κ3) is 3.35. The van der Waals surface area contributed by atoms with Gasteiger partial charge in [0.15, 0.2) is 0 Å². The van der Waals surface area contributed by atoms with E-state index in [1.807, 2.05) is 18.2 Å². The molecule has 3 heteroatoms. The summed E-state index contributed by atoms with van der Waals surface area (Å²) in [6.45, 7) is 0.674. The first kappa shape index (κ1) is 14.8. The van der Waals surface area contributed by atoms with Gasteiger partial charge >= 0.3 is 0 Å². The van der Waals surface area contributed by atoms with Gasteiger partial charge in [-0.2, -0.15) is 0 Å². The third-order valence-electron chi connectivity index (χ3n) is 4.44. The Bertz CT molecular complexity index is 649. The van der Waals surface area contributed by atoms with Crippen molar-refractivity contribution in [2.75, 3.05) is 6.54 Å². The van der Waals surface area contributed by atoms with Gasteiger partial charge in [-0.15, -0.1) is 0 Å². The number of rotatable bonds is 6. The first-order valence-corrected chi connectivity index (χ1v) is 7.75. The number of aryl methyl sites for hydroxylation is 1. The fourth-order valence-electron chi connectivity index (χ4n) is 2.82. The van der Waals surface area contributed by atoms with Crippen LogP contribution in [0.4, 0.5) is 4.39 Å². The molecule has 1 amide bonds. The first-order chi connectivity index (χ1) is 10.7. The lowest BCUT2D eigenvalue weighted by Gasteiger charge is -2.16. The summed E-state index contributed by atoms with van der Waals surface area (Å²) in [5.74, 6) is -0.247. The largest absolute Gasteiger partial charge is 0.355 e. The van der Waals surface area contributed by atoms with Crippen LogP contribution in [-0.2, 0) is 16.6 Å². The topological polar surface area (TPSA) is 29.1 Å². The SMILES string of the molecule is O=C(CCc1ccccc1F)NCC1(c2ccccc2)CC1. The van der Waals surface area contributed by atoms with E-state index in [0.29, 0.717) is 24.9 Å². The molecule has 1 aliphatic carbocycles. The fourth-order valence-corrected chi connectivity index (χ4v) is 2.82. The molecular formula is C19H20FNO. The van der Waals surface area contributed by atoms with Crippen LogP contribution in [0.3, 0.4) is 0 Å². The zero-order valence-electron chi connectivity index (χ0n) is 12.5. The molecule has 0 unspecified atom stereocenters. The Hall–Kier alpha value is -2.16. The summed E-state index contributed by atoms with van der Waals surface area (Å²) < 4.78 is 13.5. The van der Waals surface area contributed by atoms with Gasteiger partial charge in [-0.1, -0.05) is 48.5 Å². The van der Waals surface area contributed by atoms with Crippen LogP contribution < -0.4 is 5.32 Å². The molecule has 1 N–H and O–H groups in total. The van der Waals surface area contributed by atoms with Gasteiger partial charge in [0.05, 0.1) is 0 Å². The number of hydrogen-bond acceptors (Lipinski definition) is 1. The molecule has 0 radical (unpaired) electrons. The quantitative estimate of drug-likeness (QED) is 0.867. The summed E-state index contributed by atoms with van der Waals surface area (Å²) in [5.41, 5.74) is 2.01. The Labute approximate surface area is 130 Å². The molecule has 2 aromatic carbocycles. The van der Waals surface area contributed by atoms with Crippen molar-refractivity contribution in [2.45, 2.75) is 31.1 Å². The van der Waals surface area contributed by atoms with Crippen LogP contribution in [0.5, 0.6) is 0 Å². The van der Waals surface area contributed by atoms with Crippen molar-refractivity contribution in [3.63, 3.8) is 0 Å². The van der Waals surface area contributed by atoms with Gasteiger partial charge < -0.3 is 5.32 Å². The van der Waals surface area contributed by atoms with Crippen molar-refractivity contribution in [1.82, 2.24) is 5.32 Å². The predicted octanol–water partition coefficient (Wildman–Crippen LogP) is 3.61. The normalized spacial score (nSPS) is 15.3. The van der Waals surface area contributed by atoms with Crippen molar-refractivity contribution in [2.24, 2.45) is 0 Å². The lowest BCUT2D eigenvalue weighted by molar-refractivity contribution is -0.121. The molecule has 1 fully saturated rings. The lowest BCUT2D eigenvalue weighted by atomic mass is 9.96. The van der Waals surface area contributed by atoms with E-state index < -0.39 is 0 Å². The molecule has 114 valence electrons. The van der Waals surface area contributed by atoms with Gasteiger partial charge in [0.1, 0.15) is 5.82 Å². The highest BCUT2D eigenvalue weighted by atomic mass is 19.1. The van der Waals surface area contributed by atoms with Gasteiger partial charge in [-0.05, 0) is 36.5 Å². The first-order valence-electron chi connectivity index (χ1n) is 7.75. The maximum atomic E-state index is 13.5. The average Bonchev–Trinajstić information content (AvgIpc) is 3.34. The van der Waals surface area contributed by atoms with Crippen molar-refractivity contribution < 1.29 is 9.18 Å². The van der Waals surface area contributed by atoms with E-state index >= 15 is 0 Å². The van der Waals surface area contributed by atoms with E-state index in [2.05, 4.69) is 17.4 Å². The van der Waals surface area contributed by atoms with Crippen molar-refractivity contribution in [3.8, 4) is 0 Å². The highest BCUT2D eigenvalue weighted by Gasteiger charge is 2.44. The molecule has 0 saturated heterocycles. The zero-order valence-corrected chi connectivity index (χ0v) is 12.5. The Morgan fingerprint density at radius 3 is 2.41 bits per heavy atom. The second kappa shape index (κ2) is 6.30. The van der Waals surface area contributed by atoms with Gasteiger partial charge in [0.25, 0.3) is 0 Å². The number of carbonyl (C=O) groups excluding carboxylic acids is 1. The minimum absolute atomic E-state index is 0.00883. The Kier molecular flexibility index (Phi) is 4.23. The molecule has 0 aliphatic heterocycles. The summed E-state index contributed by atoms with van der Waals surface area (Å²) in [6.07, 6.45) is 3.00. The van der Waals surface area contributed by atoms with Crippen LogP contribution in [0.1, 0.15) is 30.4 Å². The van der Waals surface area contributed by atoms with Crippen LogP contribution in [0.2, 0.25) is 0 Å². The molecule has 0 bridgehead atoms. The molecule has 0 spiro atoms. The zero-order chi connectivity index (χ0) is 15.4. The second-order valence-electron chi connectivity index (χ2n) is 6.01. The van der Waals surface area contributed by atoms with Crippen LogP contribution in [-0.4, -0.2) is 12.5 Å². The van der Waals surface area contributed by atoms with E-state index in [9.17, 15) is 9.18 Å². The van der Waals surface area contributed by atoms with E-state index in [0.717, 1.165) is 12.8 Å². The van der Waals surface area contributed by atoms with Crippen molar-refractivity contribution in [1.29, 1.82) is 0 Å². The minimum atomic E-state index is -0.238. The monoisotopic (exact) mass is 297 g/mol. The number of hydrogen-bond donors (Lipinski definition) is 1. The molecule has 22 heavy (non-hydrogen) atoms. The smallest absolute Gasteiger partial charge is 0.220 e. The molecule has 0 atom stereocenters. The summed E-state index contributed by atoms with van der Waals surface area (Å²) in [4.78, 5) is 12.0. The van der Waals surface area contributed by atoms with Gasteiger partial charge in [0.2, 0.25) is 5.91 Å².